The second-order valence-corrected chi connectivity index (χ2v) is 13.2. The van der Waals surface area contributed by atoms with Crippen molar-refractivity contribution < 1.29 is 4.42 Å². The van der Waals surface area contributed by atoms with Crippen LogP contribution in [0.2, 0.25) is 0 Å². The summed E-state index contributed by atoms with van der Waals surface area (Å²) in [5.74, 6) is 1.85. The molecule has 3 aromatic heterocycles. The van der Waals surface area contributed by atoms with Gasteiger partial charge in [0.2, 0.25) is 0 Å². The highest BCUT2D eigenvalue weighted by atomic mass is 16.3. The van der Waals surface area contributed by atoms with E-state index in [0.29, 0.717) is 17.5 Å². The van der Waals surface area contributed by atoms with Crippen LogP contribution in [0, 0.1) is 0 Å². The SMILES string of the molecule is c1ccc(-c2nc(-c3cccc4ccccc34)nc(-c3cc4c(c5ccccc5n4-c4ccccc4)c4c3ccc3c5ccccc5oc34)n2)cc1. The molecule has 11 rings (SSSR count). The van der Waals surface area contributed by atoms with Crippen molar-refractivity contribution in [2.45, 2.75) is 0 Å². The van der Waals surface area contributed by atoms with Gasteiger partial charge in [-0.25, -0.2) is 15.0 Å². The van der Waals surface area contributed by atoms with E-state index in [2.05, 4.69) is 144 Å². The Kier molecular flexibility index (Phi) is 6.18. The number of aromatic nitrogens is 4. The first kappa shape index (κ1) is 28.7. The predicted octanol–water partition coefficient (Wildman–Crippen LogP) is 12.2. The Hall–Kier alpha value is -7.11. The molecule has 0 fully saturated rings. The van der Waals surface area contributed by atoms with Crippen LogP contribution in [0.5, 0.6) is 0 Å². The largest absolute Gasteiger partial charge is 0.455 e. The average Bonchev–Trinajstić information content (AvgIpc) is 3.77. The van der Waals surface area contributed by atoms with Gasteiger partial charge in [0.15, 0.2) is 17.5 Å². The van der Waals surface area contributed by atoms with E-state index in [-0.39, 0.29) is 0 Å². The van der Waals surface area contributed by atoms with Gasteiger partial charge >= 0.3 is 0 Å². The summed E-state index contributed by atoms with van der Waals surface area (Å²) in [7, 11) is 0. The summed E-state index contributed by atoms with van der Waals surface area (Å²) in [5, 5.41) is 8.75. The number of nitrogens with zero attached hydrogens (tertiary/aromatic N) is 4. The molecule has 0 saturated carbocycles. The number of benzene rings is 8. The molecule has 5 nitrogen and oxygen atoms in total. The molecule has 8 aromatic carbocycles. The molecule has 0 aliphatic carbocycles. The summed E-state index contributed by atoms with van der Waals surface area (Å²) in [6.45, 7) is 0. The number of furan rings is 1. The molecule has 52 heavy (non-hydrogen) atoms. The number of para-hydroxylation sites is 3. The second kappa shape index (κ2) is 11.2. The van der Waals surface area contributed by atoms with Crippen molar-refractivity contribution in [1.29, 1.82) is 0 Å². The van der Waals surface area contributed by atoms with E-state index < -0.39 is 0 Å². The summed E-state index contributed by atoms with van der Waals surface area (Å²) < 4.78 is 9.15. The minimum Gasteiger partial charge on any atom is -0.455 e. The monoisotopic (exact) mass is 664 g/mol. The molecule has 0 unspecified atom stereocenters. The van der Waals surface area contributed by atoms with E-state index in [1.807, 2.05) is 30.3 Å². The molecule has 242 valence electrons. The van der Waals surface area contributed by atoms with Crippen LogP contribution in [0.25, 0.3) is 105 Å². The molecular formula is C47H28N4O. The van der Waals surface area contributed by atoms with Crippen LogP contribution in [0.15, 0.2) is 174 Å². The van der Waals surface area contributed by atoms with Crippen LogP contribution in [-0.4, -0.2) is 19.5 Å². The molecule has 0 radical (unpaired) electrons. The van der Waals surface area contributed by atoms with Crippen molar-refractivity contribution in [3.05, 3.63) is 170 Å². The van der Waals surface area contributed by atoms with Crippen molar-refractivity contribution in [3.63, 3.8) is 0 Å². The molecule has 3 heterocycles. The zero-order chi connectivity index (χ0) is 34.2. The average molecular weight is 665 g/mol. The van der Waals surface area contributed by atoms with Crippen LogP contribution in [0.3, 0.4) is 0 Å². The first-order valence-corrected chi connectivity index (χ1v) is 17.5. The number of hydrogen-bond donors (Lipinski definition) is 0. The van der Waals surface area contributed by atoms with Crippen LogP contribution >= 0.6 is 0 Å². The van der Waals surface area contributed by atoms with Crippen LogP contribution < -0.4 is 0 Å². The van der Waals surface area contributed by atoms with Gasteiger partial charge in [-0.15, -0.1) is 0 Å². The third kappa shape index (κ3) is 4.26. The van der Waals surface area contributed by atoms with Gasteiger partial charge in [0.1, 0.15) is 11.2 Å². The lowest BCUT2D eigenvalue weighted by Crippen LogP contribution is -2.01. The van der Waals surface area contributed by atoms with Crippen LogP contribution in [-0.2, 0) is 0 Å². The van der Waals surface area contributed by atoms with Crippen molar-refractivity contribution in [2.24, 2.45) is 0 Å². The van der Waals surface area contributed by atoms with E-state index in [1.54, 1.807) is 0 Å². The van der Waals surface area contributed by atoms with Gasteiger partial charge < -0.3 is 8.98 Å². The first-order valence-electron chi connectivity index (χ1n) is 17.5. The fourth-order valence-corrected chi connectivity index (χ4v) is 7.93. The fourth-order valence-electron chi connectivity index (χ4n) is 7.93. The maximum Gasteiger partial charge on any atom is 0.164 e. The van der Waals surface area contributed by atoms with E-state index in [0.717, 1.165) is 87.7 Å². The summed E-state index contributed by atoms with van der Waals surface area (Å²) >= 11 is 0. The topological polar surface area (TPSA) is 56.7 Å². The lowest BCUT2D eigenvalue weighted by Gasteiger charge is -2.14. The molecule has 11 aromatic rings. The predicted molar refractivity (Wildman–Crippen MR) is 213 cm³/mol. The molecule has 5 heteroatoms. The lowest BCUT2D eigenvalue weighted by atomic mass is 9.96. The highest BCUT2D eigenvalue weighted by molar-refractivity contribution is 6.31. The minimum absolute atomic E-state index is 0.601. The zero-order valence-corrected chi connectivity index (χ0v) is 27.9. The van der Waals surface area contributed by atoms with Crippen molar-refractivity contribution in [3.8, 4) is 39.9 Å². The van der Waals surface area contributed by atoms with Gasteiger partial charge in [0, 0.05) is 49.3 Å². The Balaban J connectivity index is 1.32. The van der Waals surface area contributed by atoms with Crippen LogP contribution in [0.1, 0.15) is 0 Å². The van der Waals surface area contributed by atoms with Crippen molar-refractivity contribution in [2.75, 3.05) is 0 Å². The first-order chi connectivity index (χ1) is 25.8. The Morgan fingerprint density at radius 2 is 1.04 bits per heavy atom. The highest BCUT2D eigenvalue weighted by Crippen LogP contribution is 2.45. The van der Waals surface area contributed by atoms with Crippen LogP contribution in [0.4, 0.5) is 0 Å². The molecule has 0 amide bonds. The summed E-state index contributed by atoms with van der Waals surface area (Å²) in [6.07, 6.45) is 0. The fraction of sp³-hybridized carbons (Fsp3) is 0. The van der Waals surface area contributed by atoms with E-state index in [4.69, 9.17) is 19.4 Å². The molecule has 0 bridgehead atoms. The lowest BCUT2D eigenvalue weighted by molar-refractivity contribution is 0.673. The van der Waals surface area contributed by atoms with Gasteiger partial charge in [-0.1, -0.05) is 133 Å². The smallest absolute Gasteiger partial charge is 0.164 e. The Labute approximate surface area is 298 Å². The summed E-state index contributed by atoms with van der Waals surface area (Å²) in [4.78, 5) is 15.7. The third-order valence-electron chi connectivity index (χ3n) is 10.2. The standard InChI is InChI=1S/C47H28N4O/c1-3-15-30(16-4-1)45-48-46(36-23-13-17-29-14-7-8-20-32(29)36)50-47(49-45)38-28-40-42(37-22-9-11-24-39(37)51(40)31-18-5-2-6-19-31)43-34(38)26-27-35-33-21-10-12-25-41(33)52-44(35)43/h1-28H. The van der Waals surface area contributed by atoms with Gasteiger partial charge in [-0.05, 0) is 52.6 Å². The van der Waals surface area contributed by atoms with Crippen molar-refractivity contribution in [1.82, 2.24) is 19.5 Å². The molecule has 0 saturated heterocycles. The van der Waals surface area contributed by atoms with Gasteiger partial charge in [0.05, 0.1) is 11.0 Å². The third-order valence-corrected chi connectivity index (χ3v) is 10.2. The van der Waals surface area contributed by atoms with E-state index >= 15 is 0 Å². The Bertz CT molecular complexity index is 3170. The summed E-state index contributed by atoms with van der Waals surface area (Å²) in [6, 6.07) is 59.0. The molecule has 0 N–H and O–H groups in total. The molecule has 0 aliphatic rings. The summed E-state index contributed by atoms with van der Waals surface area (Å²) in [5.41, 5.74) is 7.76. The zero-order valence-electron chi connectivity index (χ0n) is 27.9. The molecule has 0 spiro atoms. The minimum atomic E-state index is 0.601. The van der Waals surface area contributed by atoms with Gasteiger partial charge in [-0.2, -0.15) is 0 Å². The number of hydrogen-bond acceptors (Lipinski definition) is 4. The molecule has 0 atom stereocenters. The number of fused-ring (bicyclic) bond motifs is 10. The Morgan fingerprint density at radius 1 is 0.404 bits per heavy atom. The van der Waals surface area contributed by atoms with E-state index in [1.165, 1.54) is 0 Å². The Morgan fingerprint density at radius 3 is 1.88 bits per heavy atom. The van der Waals surface area contributed by atoms with E-state index in [9.17, 15) is 0 Å². The van der Waals surface area contributed by atoms with Crippen molar-refractivity contribution >= 4 is 65.3 Å². The molecule has 0 aliphatic heterocycles. The maximum atomic E-state index is 6.80. The van der Waals surface area contributed by atoms with Gasteiger partial charge in [0.25, 0.3) is 0 Å². The normalized spacial score (nSPS) is 11.8. The quantitative estimate of drug-likeness (QED) is 0.188. The number of rotatable bonds is 4. The second-order valence-electron chi connectivity index (χ2n) is 13.2. The molecular weight excluding hydrogens is 637 g/mol. The van der Waals surface area contributed by atoms with Gasteiger partial charge in [-0.3, -0.25) is 0 Å². The maximum absolute atomic E-state index is 6.80. The highest BCUT2D eigenvalue weighted by Gasteiger charge is 2.24.